The van der Waals surface area contributed by atoms with Gasteiger partial charge in [-0.3, -0.25) is 4.79 Å². The zero-order valence-electron chi connectivity index (χ0n) is 15.2. The standard InChI is InChI=1S/C19H27N5O/c1-19(2,3)15-6-4-14(5-7-15)12-21-18(25)17-13-24(23-22-17)16-8-10-20-11-9-16/h4-7,13,16,20H,8-12H2,1-3H3,(H,21,25). The maximum Gasteiger partial charge on any atom is 0.273 e. The lowest BCUT2D eigenvalue weighted by Crippen LogP contribution is -2.29. The summed E-state index contributed by atoms with van der Waals surface area (Å²) in [6.07, 6.45) is 3.79. The molecule has 134 valence electrons. The number of nitrogens with one attached hydrogen (secondary N) is 2. The molecule has 1 fully saturated rings. The number of rotatable bonds is 4. The molecule has 0 spiro atoms. The van der Waals surface area contributed by atoms with Crippen molar-refractivity contribution in [1.82, 2.24) is 25.6 Å². The van der Waals surface area contributed by atoms with Crippen LogP contribution in [0.4, 0.5) is 0 Å². The topological polar surface area (TPSA) is 71.8 Å². The molecule has 0 unspecified atom stereocenters. The van der Waals surface area contributed by atoms with E-state index in [-0.39, 0.29) is 11.3 Å². The molecule has 0 bridgehead atoms. The van der Waals surface area contributed by atoms with Crippen molar-refractivity contribution < 1.29 is 4.79 Å². The van der Waals surface area contributed by atoms with Crippen LogP contribution in [0.15, 0.2) is 30.5 Å². The van der Waals surface area contributed by atoms with Crippen molar-refractivity contribution in [1.29, 1.82) is 0 Å². The second-order valence-corrected chi connectivity index (χ2v) is 7.69. The maximum absolute atomic E-state index is 12.3. The van der Waals surface area contributed by atoms with Crippen LogP contribution in [-0.4, -0.2) is 34.0 Å². The molecule has 0 aliphatic carbocycles. The van der Waals surface area contributed by atoms with E-state index in [2.05, 4.69) is 66.0 Å². The Balaban J connectivity index is 1.56. The first-order chi connectivity index (χ1) is 11.9. The fourth-order valence-electron chi connectivity index (χ4n) is 3.03. The van der Waals surface area contributed by atoms with Gasteiger partial charge in [-0.1, -0.05) is 50.3 Å². The van der Waals surface area contributed by atoms with E-state index in [0.29, 0.717) is 18.3 Å². The van der Waals surface area contributed by atoms with Crippen molar-refractivity contribution in [2.75, 3.05) is 13.1 Å². The van der Waals surface area contributed by atoms with Gasteiger partial charge in [-0.05, 0) is 42.5 Å². The number of hydrogen-bond donors (Lipinski definition) is 2. The van der Waals surface area contributed by atoms with E-state index in [9.17, 15) is 4.79 Å². The molecule has 1 amide bonds. The Morgan fingerprint density at radius 1 is 1.24 bits per heavy atom. The van der Waals surface area contributed by atoms with Crippen molar-refractivity contribution in [2.45, 2.75) is 51.6 Å². The van der Waals surface area contributed by atoms with Gasteiger partial charge >= 0.3 is 0 Å². The second-order valence-electron chi connectivity index (χ2n) is 7.69. The third kappa shape index (κ3) is 4.45. The Morgan fingerprint density at radius 2 is 1.92 bits per heavy atom. The summed E-state index contributed by atoms with van der Waals surface area (Å²) in [5.74, 6) is -0.180. The third-order valence-electron chi connectivity index (χ3n) is 4.70. The van der Waals surface area contributed by atoms with Gasteiger partial charge in [-0.15, -0.1) is 5.10 Å². The largest absolute Gasteiger partial charge is 0.347 e. The van der Waals surface area contributed by atoms with Crippen LogP contribution in [0, 0.1) is 0 Å². The molecule has 6 nitrogen and oxygen atoms in total. The van der Waals surface area contributed by atoms with Gasteiger partial charge in [0.1, 0.15) is 0 Å². The minimum Gasteiger partial charge on any atom is -0.347 e. The van der Waals surface area contributed by atoms with Gasteiger partial charge in [0.25, 0.3) is 5.91 Å². The van der Waals surface area contributed by atoms with E-state index in [1.165, 1.54) is 5.56 Å². The summed E-state index contributed by atoms with van der Waals surface area (Å²) in [6, 6.07) is 8.70. The van der Waals surface area contributed by atoms with Crippen molar-refractivity contribution in [2.24, 2.45) is 0 Å². The summed E-state index contributed by atoms with van der Waals surface area (Å²) in [5, 5.41) is 14.4. The quantitative estimate of drug-likeness (QED) is 0.896. The molecule has 3 rings (SSSR count). The van der Waals surface area contributed by atoms with E-state index in [4.69, 9.17) is 0 Å². The fraction of sp³-hybridized carbons (Fsp3) is 0.526. The average Bonchev–Trinajstić information content (AvgIpc) is 3.10. The molecule has 1 aromatic carbocycles. The van der Waals surface area contributed by atoms with Crippen LogP contribution in [0.1, 0.15) is 61.3 Å². The van der Waals surface area contributed by atoms with Crippen LogP contribution in [0.25, 0.3) is 0 Å². The van der Waals surface area contributed by atoms with Gasteiger partial charge in [0.2, 0.25) is 0 Å². The predicted octanol–water partition coefficient (Wildman–Crippen LogP) is 2.43. The third-order valence-corrected chi connectivity index (χ3v) is 4.70. The van der Waals surface area contributed by atoms with Gasteiger partial charge in [0, 0.05) is 6.54 Å². The van der Waals surface area contributed by atoms with Crippen LogP contribution in [-0.2, 0) is 12.0 Å². The van der Waals surface area contributed by atoms with Gasteiger partial charge in [-0.25, -0.2) is 4.68 Å². The zero-order chi connectivity index (χ0) is 17.9. The van der Waals surface area contributed by atoms with Gasteiger partial charge in [0.05, 0.1) is 12.2 Å². The van der Waals surface area contributed by atoms with E-state index in [0.717, 1.165) is 31.5 Å². The monoisotopic (exact) mass is 341 g/mol. The molecule has 1 aliphatic rings. The van der Waals surface area contributed by atoms with Crippen molar-refractivity contribution in [3.8, 4) is 0 Å². The van der Waals surface area contributed by atoms with E-state index >= 15 is 0 Å². The number of nitrogens with zero attached hydrogens (tertiary/aromatic N) is 3. The number of amides is 1. The fourth-order valence-corrected chi connectivity index (χ4v) is 3.03. The van der Waals surface area contributed by atoms with Crippen molar-refractivity contribution in [3.63, 3.8) is 0 Å². The Hall–Kier alpha value is -2.21. The summed E-state index contributed by atoms with van der Waals surface area (Å²) in [4.78, 5) is 12.3. The number of carbonyl (C=O) groups is 1. The summed E-state index contributed by atoms with van der Waals surface area (Å²) in [6.45, 7) is 9.02. The molecule has 6 heteroatoms. The maximum atomic E-state index is 12.3. The van der Waals surface area contributed by atoms with E-state index < -0.39 is 0 Å². The Labute approximate surface area is 149 Å². The first-order valence-electron chi connectivity index (χ1n) is 8.93. The van der Waals surface area contributed by atoms with E-state index in [1.807, 2.05) is 4.68 Å². The average molecular weight is 341 g/mol. The smallest absolute Gasteiger partial charge is 0.273 e. The minimum absolute atomic E-state index is 0.134. The molecule has 0 saturated carbocycles. The zero-order valence-corrected chi connectivity index (χ0v) is 15.2. The normalized spacial score (nSPS) is 16.0. The number of carbonyl (C=O) groups excluding carboxylic acids is 1. The van der Waals surface area contributed by atoms with E-state index in [1.54, 1.807) is 6.20 Å². The Morgan fingerprint density at radius 3 is 2.56 bits per heavy atom. The summed E-state index contributed by atoms with van der Waals surface area (Å²) >= 11 is 0. The summed E-state index contributed by atoms with van der Waals surface area (Å²) in [5.41, 5.74) is 2.87. The molecular weight excluding hydrogens is 314 g/mol. The molecule has 1 saturated heterocycles. The van der Waals surface area contributed by atoms with Gasteiger partial charge in [0.15, 0.2) is 5.69 Å². The molecule has 1 aliphatic heterocycles. The highest BCUT2D eigenvalue weighted by atomic mass is 16.2. The molecule has 2 heterocycles. The van der Waals surface area contributed by atoms with Crippen LogP contribution < -0.4 is 10.6 Å². The minimum atomic E-state index is -0.180. The predicted molar refractivity (Wildman–Crippen MR) is 97.5 cm³/mol. The molecule has 2 N–H and O–H groups in total. The first-order valence-corrected chi connectivity index (χ1v) is 8.93. The second kappa shape index (κ2) is 7.35. The summed E-state index contributed by atoms with van der Waals surface area (Å²) < 4.78 is 1.83. The Bertz CT molecular complexity index is 708. The van der Waals surface area contributed by atoms with Crippen LogP contribution >= 0.6 is 0 Å². The lowest BCUT2D eigenvalue weighted by Gasteiger charge is -2.22. The first kappa shape index (κ1) is 17.6. The molecule has 0 radical (unpaired) electrons. The SMILES string of the molecule is CC(C)(C)c1ccc(CNC(=O)c2cn(C3CCNCC3)nn2)cc1. The van der Waals surface area contributed by atoms with Crippen molar-refractivity contribution in [3.05, 3.63) is 47.3 Å². The Kier molecular flexibility index (Phi) is 5.18. The summed E-state index contributed by atoms with van der Waals surface area (Å²) in [7, 11) is 0. The van der Waals surface area contributed by atoms with Crippen LogP contribution in [0.5, 0.6) is 0 Å². The highest BCUT2D eigenvalue weighted by molar-refractivity contribution is 5.91. The highest BCUT2D eigenvalue weighted by Crippen LogP contribution is 2.22. The number of piperidine rings is 1. The number of benzene rings is 1. The van der Waals surface area contributed by atoms with Gasteiger partial charge in [-0.2, -0.15) is 0 Å². The van der Waals surface area contributed by atoms with Crippen LogP contribution in [0.2, 0.25) is 0 Å². The highest BCUT2D eigenvalue weighted by Gasteiger charge is 2.18. The lowest BCUT2D eigenvalue weighted by atomic mass is 9.87. The molecular formula is C19H27N5O. The molecule has 1 aromatic heterocycles. The van der Waals surface area contributed by atoms with Crippen LogP contribution in [0.3, 0.4) is 0 Å². The van der Waals surface area contributed by atoms with Gasteiger partial charge < -0.3 is 10.6 Å². The molecule has 25 heavy (non-hydrogen) atoms. The van der Waals surface area contributed by atoms with Crippen molar-refractivity contribution >= 4 is 5.91 Å². The number of hydrogen-bond acceptors (Lipinski definition) is 4. The molecule has 0 atom stereocenters. The molecule has 2 aromatic rings. The lowest BCUT2D eigenvalue weighted by molar-refractivity contribution is 0.0946. The number of aromatic nitrogens is 3.